The molecule has 2 rings (SSSR count). The van der Waals surface area contributed by atoms with Crippen LogP contribution in [0.4, 0.5) is 13.2 Å². The SMILES string of the molecule is CC(C)c1n[nH]c2c1CN(C(O)CC(F)(F)F)CC2. The van der Waals surface area contributed by atoms with Crippen LogP contribution >= 0.6 is 0 Å². The number of halogens is 3. The van der Waals surface area contributed by atoms with E-state index in [0.29, 0.717) is 19.5 Å². The lowest BCUT2D eigenvalue weighted by Gasteiger charge is -2.32. The lowest BCUT2D eigenvalue weighted by atomic mass is 9.99. The van der Waals surface area contributed by atoms with Gasteiger partial charge >= 0.3 is 6.18 Å². The van der Waals surface area contributed by atoms with Crippen LogP contribution in [-0.4, -0.2) is 39.2 Å². The van der Waals surface area contributed by atoms with Crippen molar-refractivity contribution in [1.29, 1.82) is 0 Å². The van der Waals surface area contributed by atoms with E-state index in [9.17, 15) is 18.3 Å². The molecule has 0 aromatic carbocycles. The first kappa shape index (κ1) is 14.3. The first-order valence-electron chi connectivity index (χ1n) is 6.33. The van der Waals surface area contributed by atoms with Crippen molar-refractivity contribution in [3.63, 3.8) is 0 Å². The summed E-state index contributed by atoms with van der Waals surface area (Å²) in [4.78, 5) is 1.46. The number of H-pyrrole nitrogens is 1. The van der Waals surface area contributed by atoms with Gasteiger partial charge in [0.05, 0.1) is 12.1 Å². The summed E-state index contributed by atoms with van der Waals surface area (Å²) in [5.41, 5.74) is 2.78. The van der Waals surface area contributed by atoms with Gasteiger partial charge in [-0.3, -0.25) is 10.00 Å². The molecular formula is C12H18F3N3O. The highest BCUT2D eigenvalue weighted by Gasteiger charge is 2.35. The number of aliphatic hydroxyl groups is 1. The van der Waals surface area contributed by atoms with Gasteiger partial charge in [0, 0.05) is 30.8 Å². The van der Waals surface area contributed by atoms with Gasteiger partial charge in [0.1, 0.15) is 6.23 Å². The molecule has 0 aliphatic carbocycles. The fraction of sp³-hybridized carbons (Fsp3) is 0.750. The van der Waals surface area contributed by atoms with Crippen molar-refractivity contribution in [2.45, 2.75) is 51.6 Å². The monoisotopic (exact) mass is 277 g/mol. The Hall–Kier alpha value is -1.08. The molecule has 2 N–H and O–H groups in total. The number of hydrogen-bond donors (Lipinski definition) is 2. The standard InChI is InChI=1S/C12H18F3N3O/c1-7(2)11-8-6-18(4-3-9(8)16-17-11)10(19)5-12(13,14)15/h7,10,19H,3-6H2,1-2H3,(H,16,17). The van der Waals surface area contributed by atoms with Crippen molar-refractivity contribution in [3.8, 4) is 0 Å². The van der Waals surface area contributed by atoms with Crippen LogP contribution in [0.5, 0.6) is 0 Å². The zero-order valence-corrected chi connectivity index (χ0v) is 11.0. The Balaban J connectivity index is 2.10. The highest BCUT2D eigenvalue weighted by Crippen LogP contribution is 2.29. The molecular weight excluding hydrogens is 259 g/mol. The minimum atomic E-state index is -4.35. The summed E-state index contributed by atoms with van der Waals surface area (Å²) in [6.45, 7) is 4.70. The van der Waals surface area contributed by atoms with Crippen LogP contribution in [0.25, 0.3) is 0 Å². The second kappa shape index (κ2) is 5.13. The molecule has 1 aromatic rings. The van der Waals surface area contributed by atoms with Gasteiger partial charge in [0.2, 0.25) is 0 Å². The van der Waals surface area contributed by atoms with Crippen molar-refractivity contribution in [2.24, 2.45) is 0 Å². The van der Waals surface area contributed by atoms with Gasteiger partial charge in [-0.2, -0.15) is 18.3 Å². The van der Waals surface area contributed by atoms with Gasteiger partial charge in [0.25, 0.3) is 0 Å². The summed E-state index contributed by atoms with van der Waals surface area (Å²) in [6, 6.07) is 0. The van der Waals surface area contributed by atoms with E-state index >= 15 is 0 Å². The Morgan fingerprint density at radius 1 is 1.42 bits per heavy atom. The topological polar surface area (TPSA) is 52.2 Å². The van der Waals surface area contributed by atoms with E-state index in [2.05, 4.69) is 10.2 Å². The summed E-state index contributed by atoms with van der Waals surface area (Å²) < 4.78 is 36.9. The van der Waals surface area contributed by atoms with E-state index in [0.717, 1.165) is 17.0 Å². The first-order valence-corrected chi connectivity index (χ1v) is 6.33. The maximum atomic E-state index is 12.3. The molecule has 1 aliphatic rings. The lowest BCUT2D eigenvalue weighted by Crippen LogP contribution is -2.41. The lowest BCUT2D eigenvalue weighted by molar-refractivity contribution is -0.175. The number of nitrogens with one attached hydrogen (secondary N) is 1. The largest absolute Gasteiger partial charge is 0.392 e. The summed E-state index contributed by atoms with van der Waals surface area (Å²) in [5, 5.41) is 16.8. The third kappa shape index (κ3) is 3.27. The van der Waals surface area contributed by atoms with Crippen LogP contribution in [0.1, 0.15) is 43.1 Å². The Bertz CT molecular complexity index is 442. The maximum Gasteiger partial charge on any atom is 0.392 e. The molecule has 2 heterocycles. The van der Waals surface area contributed by atoms with Crippen molar-refractivity contribution in [2.75, 3.05) is 6.54 Å². The maximum absolute atomic E-state index is 12.3. The number of aromatic nitrogens is 2. The Labute approximate surface area is 109 Å². The molecule has 0 saturated heterocycles. The van der Waals surface area contributed by atoms with Crippen molar-refractivity contribution >= 4 is 0 Å². The Morgan fingerprint density at radius 3 is 2.68 bits per heavy atom. The highest BCUT2D eigenvalue weighted by atomic mass is 19.4. The van der Waals surface area contributed by atoms with Crippen molar-refractivity contribution in [1.82, 2.24) is 15.1 Å². The summed E-state index contributed by atoms with van der Waals surface area (Å²) in [6.07, 6.45) is -6.44. The molecule has 0 radical (unpaired) electrons. The van der Waals surface area contributed by atoms with E-state index in [-0.39, 0.29) is 5.92 Å². The number of alkyl halides is 3. The smallest absolute Gasteiger partial charge is 0.378 e. The summed E-state index contributed by atoms with van der Waals surface area (Å²) in [5.74, 6) is 0.208. The third-order valence-corrected chi connectivity index (χ3v) is 3.38. The minimum Gasteiger partial charge on any atom is -0.378 e. The quantitative estimate of drug-likeness (QED) is 0.890. The predicted molar refractivity (Wildman–Crippen MR) is 63.5 cm³/mol. The number of aromatic amines is 1. The first-order chi connectivity index (χ1) is 8.78. The number of rotatable bonds is 3. The van der Waals surface area contributed by atoms with Gasteiger partial charge < -0.3 is 5.11 Å². The van der Waals surface area contributed by atoms with Crippen LogP contribution < -0.4 is 0 Å². The Kier molecular flexibility index (Phi) is 3.87. The Morgan fingerprint density at radius 2 is 2.11 bits per heavy atom. The predicted octanol–water partition coefficient (Wildman–Crippen LogP) is 2.16. The molecule has 7 heteroatoms. The third-order valence-electron chi connectivity index (χ3n) is 3.38. The normalized spacial score (nSPS) is 18.7. The van der Waals surface area contributed by atoms with Gasteiger partial charge in [-0.1, -0.05) is 13.8 Å². The molecule has 0 fully saturated rings. The van der Waals surface area contributed by atoms with E-state index < -0.39 is 18.8 Å². The van der Waals surface area contributed by atoms with Gasteiger partial charge in [0.15, 0.2) is 0 Å². The van der Waals surface area contributed by atoms with Gasteiger partial charge in [-0.15, -0.1) is 0 Å². The molecule has 1 aromatic heterocycles. The highest BCUT2D eigenvalue weighted by molar-refractivity contribution is 5.29. The summed E-state index contributed by atoms with van der Waals surface area (Å²) >= 11 is 0. The molecule has 1 atom stereocenters. The molecule has 1 aliphatic heterocycles. The van der Waals surface area contributed by atoms with Crippen molar-refractivity contribution in [3.05, 3.63) is 17.0 Å². The minimum absolute atomic E-state index is 0.208. The van der Waals surface area contributed by atoms with Gasteiger partial charge in [-0.05, 0) is 5.92 Å². The fourth-order valence-electron chi connectivity index (χ4n) is 2.41. The van der Waals surface area contributed by atoms with E-state index in [1.165, 1.54) is 4.90 Å². The molecule has 4 nitrogen and oxygen atoms in total. The molecule has 0 bridgehead atoms. The van der Waals surface area contributed by atoms with E-state index in [1.54, 1.807) is 0 Å². The van der Waals surface area contributed by atoms with E-state index in [4.69, 9.17) is 0 Å². The average molecular weight is 277 g/mol. The molecule has 19 heavy (non-hydrogen) atoms. The van der Waals surface area contributed by atoms with Crippen LogP contribution in [0.2, 0.25) is 0 Å². The van der Waals surface area contributed by atoms with Crippen LogP contribution in [-0.2, 0) is 13.0 Å². The van der Waals surface area contributed by atoms with Crippen LogP contribution in [0.15, 0.2) is 0 Å². The average Bonchev–Trinajstić information content (AvgIpc) is 2.68. The number of aliphatic hydroxyl groups excluding tert-OH is 1. The number of nitrogens with zero attached hydrogens (tertiary/aromatic N) is 2. The molecule has 0 amide bonds. The fourth-order valence-corrected chi connectivity index (χ4v) is 2.41. The second-order valence-corrected chi connectivity index (χ2v) is 5.24. The van der Waals surface area contributed by atoms with E-state index in [1.807, 2.05) is 13.8 Å². The zero-order valence-electron chi connectivity index (χ0n) is 11.0. The molecule has 0 spiro atoms. The summed E-state index contributed by atoms with van der Waals surface area (Å²) in [7, 11) is 0. The van der Waals surface area contributed by atoms with Crippen molar-refractivity contribution < 1.29 is 18.3 Å². The zero-order chi connectivity index (χ0) is 14.2. The van der Waals surface area contributed by atoms with Crippen LogP contribution in [0, 0.1) is 0 Å². The molecule has 0 saturated carbocycles. The van der Waals surface area contributed by atoms with Crippen LogP contribution in [0.3, 0.4) is 0 Å². The molecule has 108 valence electrons. The second-order valence-electron chi connectivity index (χ2n) is 5.24. The molecule has 1 unspecified atom stereocenters. The van der Waals surface area contributed by atoms with Gasteiger partial charge in [-0.25, -0.2) is 0 Å². The number of fused-ring (bicyclic) bond motifs is 1. The number of hydrogen-bond acceptors (Lipinski definition) is 3.